The molecule has 3 nitrogen and oxygen atoms in total. The first kappa shape index (κ1) is 8.17. The van der Waals surface area contributed by atoms with E-state index < -0.39 is 0 Å². The van der Waals surface area contributed by atoms with Gasteiger partial charge in [-0.3, -0.25) is 4.98 Å². The SMILES string of the molecule is c1ccc2c(c1)cnn2-c1ccncc1. The minimum atomic E-state index is 1.03. The molecule has 0 bridgehead atoms. The van der Waals surface area contributed by atoms with Crippen LogP contribution in [0, 0.1) is 0 Å². The van der Waals surface area contributed by atoms with Gasteiger partial charge in [-0.05, 0) is 18.2 Å². The van der Waals surface area contributed by atoms with Crippen LogP contribution in [0.5, 0.6) is 0 Å². The van der Waals surface area contributed by atoms with E-state index in [-0.39, 0.29) is 0 Å². The van der Waals surface area contributed by atoms with Crippen molar-refractivity contribution in [3.63, 3.8) is 0 Å². The third kappa shape index (κ3) is 1.29. The fourth-order valence-electron chi connectivity index (χ4n) is 1.66. The van der Waals surface area contributed by atoms with Crippen molar-refractivity contribution in [2.24, 2.45) is 0 Å². The molecule has 0 radical (unpaired) electrons. The summed E-state index contributed by atoms with van der Waals surface area (Å²) in [5, 5.41) is 5.50. The summed E-state index contributed by atoms with van der Waals surface area (Å²) < 4.78 is 1.91. The molecule has 15 heavy (non-hydrogen) atoms. The van der Waals surface area contributed by atoms with Crippen LogP contribution in [0.3, 0.4) is 0 Å². The quantitative estimate of drug-likeness (QED) is 0.597. The Morgan fingerprint density at radius 2 is 1.73 bits per heavy atom. The zero-order valence-electron chi connectivity index (χ0n) is 8.04. The molecule has 0 aliphatic rings. The number of nitrogens with zero attached hydrogens (tertiary/aromatic N) is 3. The molecule has 0 spiro atoms. The van der Waals surface area contributed by atoms with E-state index >= 15 is 0 Å². The van der Waals surface area contributed by atoms with E-state index in [9.17, 15) is 0 Å². The molecule has 0 amide bonds. The van der Waals surface area contributed by atoms with Crippen LogP contribution in [0.4, 0.5) is 0 Å². The molecule has 2 heterocycles. The first-order chi connectivity index (χ1) is 7.45. The fourth-order valence-corrected chi connectivity index (χ4v) is 1.66. The van der Waals surface area contributed by atoms with Gasteiger partial charge in [0.05, 0.1) is 17.4 Å². The zero-order valence-corrected chi connectivity index (χ0v) is 8.04. The van der Waals surface area contributed by atoms with Crippen molar-refractivity contribution in [2.75, 3.05) is 0 Å². The lowest BCUT2D eigenvalue weighted by Crippen LogP contribution is -1.95. The predicted octanol–water partition coefficient (Wildman–Crippen LogP) is 2.42. The second-order valence-corrected chi connectivity index (χ2v) is 3.32. The molecule has 0 N–H and O–H groups in total. The lowest BCUT2D eigenvalue weighted by atomic mass is 10.2. The maximum atomic E-state index is 4.35. The van der Waals surface area contributed by atoms with Crippen LogP contribution in [0.1, 0.15) is 0 Å². The molecular formula is C12H9N3. The minimum Gasteiger partial charge on any atom is -0.265 e. The van der Waals surface area contributed by atoms with Gasteiger partial charge in [-0.15, -0.1) is 0 Å². The fraction of sp³-hybridized carbons (Fsp3) is 0. The van der Waals surface area contributed by atoms with E-state index in [0.29, 0.717) is 0 Å². The monoisotopic (exact) mass is 195 g/mol. The number of pyridine rings is 1. The Labute approximate surface area is 87.0 Å². The van der Waals surface area contributed by atoms with Gasteiger partial charge in [0.1, 0.15) is 0 Å². The molecule has 3 aromatic rings. The highest BCUT2D eigenvalue weighted by Gasteiger charge is 2.02. The van der Waals surface area contributed by atoms with Crippen LogP contribution in [0.2, 0.25) is 0 Å². The Kier molecular flexibility index (Phi) is 1.75. The molecule has 0 aliphatic carbocycles. The average Bonchev–Trinajstić information content (AvgIpc) is 2.74. The summed E-state index contributed by atoms with van der Waals surface area (Å²) in [7, 11) is 0. The number of rotatable bonds is 1. The molecule has 2 aromatic heterocycles. The number of benzene rings is 1. The summed E-state index contributed by atoms with van der Waals surface area (Å²) in [5.41, 5.74) is 2.15. The van der Waals surface area contributed by atoms with Gasteiger partial charge < -0.3 is 0 Å². The number of para-hydroxylation sites is 1. The number of fused-ring (bicyclic) bond motifs is 1. The summed E-state index contributed by atoms with van der Waals surface area (Å²) in [4.78, 5) is 3.99. The van der Waals surface area contributed by atoms with Crippen molar-refractivity contribution in [1.82, 2.24) is 14.8 Å². The largest absolute Gasteiger partial charge is 0.265 e. The molecule has 0 atom stereocenters. The van der Waals surface area contributed by atoms with Crippen LogP contribution < -0.4 is 0 Å². The molecule has 0 aliphatic heterocycles. The third-order valence-corrected chi connectivity index (χ3v) is 2.38. The summed E-state index contributed by atoms with van der Waals surface area (Å²) in [6.45, 7) is 0. The first-order valence-corrected chi connectivity index (χ1v) is 4.78. The minimum absolute atomic E-state index is 1.03. The molecule has 3 heteroatoms. The Hall–Kier alpha value is -2.16. The van der Waals surface area contributed by atoms with Gasteiger partial charge in [0, 0.05) is 17.8 Å². The highest BCUT2D eigenvalue weighted by molar-refractivity contribution is 5.79. The summed E-state index contributed by atoms with van der Waals surface area (Å²) in [6, 6.07) is 12.0. The Morgan fingerprint density at radius 1 is 0.933 bits per heavy atom. The second kappa shape index (κ2) is 3.20. The smallest absolute Gasteiger partial charge is 0.0741 e. The second-order valence-electron chi connectivity index (χ2n) is 3.32. The maximum absolute atomic E-state index is 4.35. The van der Waals surface area contributed by atoms with E-state index in [0.717, 1.165) is 16.6 Å². The summed E-state index contributed by atoms with van der Waals surface area (Å²) in [6.07, 6.45) is 5.41. The van der Waals surface area contributed by atoms with Gasteiger partial charge in [-0.25, -0.2) is 4.68 Å². The normalized spacial score (nSPS) is 10.7. The van der Waals surface area contributed by atoms with Crippen LogP contribution in [0.15, 0.2) is 55.0 Å². The molecule has 0 fully saturated rings. The van der Waals surface area contributed by atoms with Gasteiger partial charge in [0.15, 0.2) is 0 Å². The van der Waals surface area contributed by atoms with E-state index in [4.69, 9.17) is 0 Å². The van der Waals surface area contributed by atoms with E-state index in [1.54, 1.807) is 12.4 Å². The molecule has 0 saturated heterocycles. The number of hydrogen-bond acceptors (Lipinski definition) is 2. The highest BCUT2D eigenvalue weighted by Crippen LogP contribution is 2.16. The highest BCUT2D eigenvalue weighted by atomic mass is 15.3. The Balaban J connectivity index is 2.28. The van der Waals surface area contributed by atoms with Crippen LogP contribution in [-0.2, 0) is 0 Å². The molecular weight excluding hydrogens is 186 g/mol. The molecule has 72 valence electrons. The van der Waals surface area contributed by atoms with Gasteiger partial charge in [-0.2, -0.15) is 5.10 Å². The van der Waals surface area contributed by atoms with Crippen molar-refractivity contribution in [3.05, 3.63) is 55.0 Å². The Morgan fingerprint density at radius 3 is 2.60 bits per heavy atom. The van der Waals surface area contributed by atoms with Crippen molar-refractivity contribution in [1.29, 1.82) is 0 Å². The topological polar surface area (TPSA) is 30.7 Å². The summed E-state index contributed by atoms with van der Waals surface area (Å²) >= 11 is 0. The number of aromatic nitrogens is 3. The van der Waals surface area contributed by atoms with Crippen molar-refractivity contribution < 1.29 is 0 Å². The van der Waals surface area contributed by atoms with E-state index in [2.05, 4.69) is 22.2 Å². The standard InChI is InChI=1S/C12H9N3/c1-2-4-12-10(3-1)9-14-15(12)11-5-7-13-8-6-11/h1-9H. The molecule has 3 rings (SSSR count). The first-order valence-electron chi connectivity index (χ1n) is 4.78. The van der Waals surface area contributed by atoms with E-state index in [1.807, 2.05) is 35.1 Å². The van der Waals surface area contributed by atoms with Crippen molar-refractivity contribution in [2.45, 2.75) is 0 Å². The van der Waals surface area contributed by atoms with Gasteiger partial charge in [0.25, 0.3) is 0 Å². The Bertz CT molecular complexity index is 584. The van der Waals surface area contributed by atoms with E-state index in [1.165, 1.54) is 0 Å². The van der Waals surface area contributed by atoms with Crippen LogP contribution >= 0.6 is 0 Å². The third-order valence-electron chi connectivity index (χ3n) is 2.38. The van der Waals surface area contributed by atoms with Gasteiger partial charge >= 0.3 is 0 Å². The van der Waals surface area contributed by atoms with Crippen molar-refractivity contribution in [3.8, 4) is 5.69 Å². The van der Waals surface area contributed by atoms with Gasteiger partial charge in [-0.1, -0.05) is 18.2 Å². The lowest BCUT2D eigenvalue weighted by molar-refractivity contribution is 0.907. The lowest BCUT2D eigenvalue weighted by Gasteiger charge is -2.01. The van der Waals surface area contributed by atoms with Crippen LogP contribution in [-0.4, -0.2) is 14.8 Å². The van der Waals surface area contributed by atoms with Gasteiger partial charge in [0.2, 0.25) is 0 Å². The summed E-state index contributed by atoms with van der Waals surface area (Å²) in [5.74, 6) is 0. The number of hydrogen-bond donors (Lipinski definition) is 0. The zero-order chi connectivity index (χ0) is 10.1. The molecule has 0 unspecified atom stereocenters. The predicted molar refractivity (Wildman–Crippen MR) is 58.9 cm³/mol. The molecule has 0 saturated carbocycles. The van der Waals surface area contributed by atoms with Crippen molar-refractivity contribution >= 4 is 10.9 Å². The van der Waals surface area contributed by atoms with Crippen LogP contribution in [0.25, 0.3) is 16.6 Å². The molecule has 1 aromatic carbocycles. The maximum Gasteiger partial charge on any atom is 0.0741 e. The average molecular weight is 195 g/mol.